The molecule has 4 heterocycles. The average molecular weight is 296 g/mol. The second-order valence-electron chi connectivity index (χ2n) is 6.71. The van der Waals surface area contributed by atoms with Gasteiger partial charge in [-0.3, -0.25) is 4.90 Å². The first-order chi connectivity index (χ1) is 10.8. The van der Waals surface area contributed by atoms with E-state index in [1.54, 1.807) is 0 Å². The lowest BCUT2D eigenvalue weighted by Gasteiger charge is -2.49. The molecule has 2 aromatic rings. The first-order valence-electron chi connectivity index (χ1n) is 8.38. The summed E-state index contributed by atoms with van der Waals surface area (Å²) in [5, 5.41) is 4.78. The highest BCUT2D eigenvalue weighted by Gasteiger charge is 2.38. The zero-order valence-electron chi connectivity index (χ0n) is 13.0. The number of rotatable bonds is 5. The number of hydrogen-bond acceptors (Lipinski definition) is 3. The highest BCUT2D eigenvalue weighted by Crippen LogP contribution is 2.36. The Morgan fingerprint density at radius 3 is 3.05 bits per heavy atom. The van der Waals surface area contributed by atoms with Crippen LogP contribution in [0.2, 0.25) is 0 Å². The number of furan rings is 1. The Balaban J connectivity index is 1.33. The molecule has 3 aliphatic heterocycles. The van der Waals surface area contributed by atoms with Crippen molar-refractivity contribution in [2.75, 3.05) is 19.6 Å². The Bertz CT molecular complexity index is 629. The van der Waals surface area contributed by atoms with E-state index >= 15 is 0 Å². The van der Waals surface area contributed by atoms with Crippen LogP contribution in [-0.4, -0.2) is 30.6 Å². The summed E-state index contributed by atoms with van der Waals surface area (Å²) >= 11 is 0. The minimum atomic E-state index is 0.680. The maximum absolute atomic E-state index is 5.86. The SMILES string of the molecule is C=C[C@@H]1CN2CC[C@H]1C[C@@H]2CNCc1cc2ccccc2o1. The summed E-state index contributed by atoms with van der Waals surface area (Å²) in [6.07, 6.45) is 4.81. The number of fused-ring (bicyclic) bond motifs is 4. The van der Waals surface area contributed by atoms with Gasteiger partial charge in [-0.25, -0.2) is 0 Å². The van der Waals surface area contributed by atoms with E-state index in [4.69, 9.17) is 4.42 Å². The Morgan fingerprint density at radius 2 is 2.27 bits per heavy atom. The summed E-state index contributed by atoms with van der Waals surface area (Å²) in [6.45, 7) is 8.32. The van der Waals surface area contributed by atoms with Crippen molar-refractivity contribution in [3.63, 3.8) is 0 Å². The maximum atomic E-state index is 5.86. The Morgan fingerprint density at radius 1 is 1.36 bits per heavy atom. The highest BCUT2D eigenvalue weighted by molar-refractivity contribution is 5.77. The molecule has 3 aliphatic rings. The van der Waals surface area contributed by atoms with Gasteiger partial charge in [-0.2, -0.15) is 0 Å². The third-order valence-corrected chi connectivity index (χ3v) is 5.39. The lowest BCUT2D eigenvalue weighted by molar-refractivity contribution is 0.0193. The summed E-state index contributed by atoms with van der Waals surface area (Å²) in [7, 11) is 0. The van der Waals surface area contributed by atoms with Crippen LogP contribution in [0.5, 0.6) is 0 Å². The smallest absolute Gasteiger partial charge is 0.134 e. The van der Waals surface area contributed by atoms with Gasteiger partial charge in [0.15, 0.2) is 0 Å². The van der Waals surface area contributed by atoms with Crippen LogP contribution in [0.3, 0.4) is 0 Å². The highest BCUT2D eigenvalue weighted by atomic mass is 16.3. The van der Waals surface area contributed by atoms with Crippen molar-refractivity contribution < 1.29 is 4.42 Å². The average Bonchev–Trinajstić information content (AvgIpc) is 2.98. The molecule has 22 heavy (non-hydrogen) atoms. The standard InChI is InChI=1S/C19H24N2O/c1-2-14-13-21-8-7-15(14)9-17(21)11-20-12-18-10-16-5-3-4-6-19(16)22-18/h2-6,10,14-15,17,20H,1,7-9,11-13H2/t14-,15+,17-/m1/s1. The van der Waals surface area contributed by atoms with Crippen LogP contribution < -0.4 is 5.32 Å². The number of hydrogen-bond donors (Lipinski definition) is 1. The largest absolute Gasteiger partial charge is 0.460 e. The van der Waals surface area contributed by atoms with Gasteiger partial charge in [-0.15, -0.1) is 6.58 Å². The second-order valence-corrected chi connectivity index (χ2v) is 6.71. The quantitative estimate of drug-likeness (QED) is 0.857. The summed E-state index contributed by atoms with van der Waals surface area (Å²) in [4.78, 5) is 2.64. The fraction of sp³-hybridized carbons (Fsp3) is 0.474. The number of benzene rings is 1. The molecule has 1 aromatic heterocycles. The lowest BCUT2D eigenvalue weighted by Crippen LogP contribution is -2.55. The number of nitrogens with one attached hydrogen (secondary N) is 1. The van der Waals surface area contributed by atoms with Crippen LogP contribution in [-0.2, 0) is 6.54 Å². The molecule has 1 aromatic carbocycles. The van der Waals surface area contributed by atoms with Crippen LogP contribution in [0.25, 0.3) is 11.0 Å². The summed E-state index contributed by atoms with van der Waals surface area (Å²) < 4.78 is 5.86. The van der Waals surface area contributed by atoms with E-state index in [2.05, 4.69) is 41.1 Å². The molecule has 3 nitrogen and oxygen atoms in total. The molecule has 2 bridgehead atoms. The Labute approximate surface area is 132 Å². The third-order valence-electron chi connectivity index (χ3n) is 5.39. The van der Waals surface area contributed by atoms with E-state index in [1.807, 2.05) is 12.1 Å². The molecule has 1 unspecified atom stereocenters. The van der Waals surface area contributed by atoms with Crippen LogP contribution in [0.1, 0.15) is 18.6 Å². The fourth-order valence-electron chi connectivity index (χ4n) is 4.15. The van der Waals surface area contributed by atoms with Crippen molar-refractivity contribution >= 4 is 11.0 Å². The number of para-hydroxylation sites is 1. The van der Waals surface area contributed by atoms with Gasteiger partial charge in [0.2, 0.25) is 0 Å². The molecule has 5 rings (SSSR count). The van der Waals surface area contributed by atoms with Crippen molar-refractivity contribution in [3.05, 3.63) is 48.7 Å². The van der Waals surface area contributed by atoms with Crippen molar-refractivity contribution in [1.29, 1.82) is 0 Å². The van der Waals surface area contributed by atoms with Crippen LogP contribution >= 0.6 is 0 Å². The predicted molar refractivity (Wildman–Crippen MR) is 89.7 cm³/mol. The molecule has 0 aliphatic carbocycles. The topological polar surface area (TPSA) is 28.4 Å². The number of piperidine rings is 3. The molecular formula is C19H24N2O. The van der Waals surface area contributed by atoms with E-state index in [0.29, 0.717) is 12.0 Å². The first-order valence-corrected chi connectivity index (χ1v) is 8.38. The van der Waals surface area contributed by atoms with E-state index in [0.717, 1.165) is 30.4 Å². The van der Waals surface area contributed by atoms with E-state index in [-0.39, 0.29) is 0 Å². The third kappa shape index (κ3) is 2.59. The summed E-state index contributed by atoms with van der Waals surface area (Å²) in [5.74, 6) is 2.59. The normalized spacial score (nSPS) is 30.7. The predicted octanol–water partition coefficient (Wildman–Crippen LogP) is 3.42. The van der Waals surface area contributed by atoms with Crippen molar-refractivity contribution in [1.82, 2.24) is 10.2 Å². The van der Waals surface area contributed by atoms with Gasteiger partial charge in [0.05, 0.1) is 6.54 Å². The van der Waals surface area contributed by atoms with Gasteiger partial charge in [0.1, 0.15) is 11.3 Å². The van der Waals surface area contributed by atoms with Gasteiger partial charge in [-0.1, -0.05) is 24.3 Å². The molecule has 3 heteroatoms. The van der Waals surface area contributed by atoms with Gasteiger partial charge >= 0.3 is 0 Å². The molecule has 0 spiro atoms. The maximum Gasteiger partial charge on any atom is 0.134 e. The minimum Gasteiger partial charge on any atom is -0.460 e. The minimum absolute atomic E-state index is 0.680. The van der Waals surface area contributed by atoms with E-state index < -0.39 is 0 Å². The van der Waals surface area contributed by atoms with Crippen molar-refractivity contribution in [3.8, 4) is 0 Å². The van der Waals surface area contributed by atoms with Gasteiger partial charge in [0.25, 0.3) is 0 Å². The van der Waals surface area contributed by atoms with Gasteiger partial charge in [-0.05, 0) is 43.4 Å². The molecule has 0 saturated carbocycles. The molecule has 0 amide bonds. The van der Waals surface area contributed by atoms with E-state index in [1.165, 1.54) is 31.3 Å². The molecule has 3 saturated heterocycles. The first kappa shape index (κ1) is 14.0. The zero-order valence-corrected chi connectivity index (χ0v) is 13.0. The van der Waals surface area contributed by atoms with Crippen LogP contribution in [0, 0.1) is 11.8 Å². The van der Waals surface area contributed by atoms with Gasteiger partial charge in [0, 0.05) is 24.5 Å². The lowest BCUT2D eigenvalue weighted by atomic mass is 9.75. The Kier molecular flexibility index (Phi) is 3.77. The molecule has 3 fully saturated rings. The van der Waals surface area contributed by atoms with E-state index in [9.17, 15) is 0 Å². The van der Waals surface area contributed by atoms with Crippen molar-refractivity contribution in [2.24, 2.45) is 11.8 Å². The molecule has 0 radical (unpaired) electrons. The zero-order chi connectivity index (χ0) is 14.9. The molecular weight excluding hydrogens is 272 g/mol. The Hall–Kier alpha value is -1.58. The van der Waals surface area contributed by atoms with Crippen molar-refractivity contribution in [2.45, 2.75) is 25.4 Å². The molecule has 116 valence electrons. The molecule has 4 atom stereocenters. The molecule has 1 N–H and O–H groups in total. The van der Waals surface area contributed by atoms with Gasteiger partial charge < -0.3 is 9.73 Å². The number of nitrogens with zero attached hydrogens (tertiary/aromatic N) is 1. The monoisotopic (exact) mass is 296 g/mol. The van der Waals surface area contributed by atoms with Crippen LogP contribution in [0.15, 0.2) is 47.4 Å². The van der Waals surface area contributed by atoms with Crippen LogP contribution in [0.4, 0.5) is 0 Å². The summed E-state index contributed by atoms with van der Waals surface area (Å²) in [6, 6.07) is 11.0. The second kappa shape index (κ2) is 5.90. The fourth-order valence-corrected chi connectivity index (χ4v) is 4.15. The summed E-state index contributed by atoms with van der Waals surface area (Å²) in [5.41, 5.74) is 0.980.